The first kappa shape index (κ1) is 13.8. The van der Waals surface area contributed by atoms with Gasteiger partial charge in [-0.05, 0) is 24.3 Å². The monoisotopic (exact) mass is 304 g/mol. The molecule has 7 heteroatoms. The first-order valence-corrected chi connectivity index (χ1v) is 7.73. The molecule has 2 amide bonds. The summed E-state index contributed by atoms with van der Waals surface area (Å²) in [6.45, 7) is 0.640. The molecular weight excluding hydrogens is 288 g/mol. The molecule has 1 aliphatic heterocycles. The fraction of sp³-hybridized carbons (Fsp3) is 0.357. The number of anilines is 1. The van der Waals surface area contributed by atoms with E-state index < -0.39 is 6.04 Å². The largest absolute Gasteiger partial charge is 0.340 e. The Morgan fingerprint density at radius 2 is 2.33 bits per heavy atom. The lowest BCUT2D eigenvalue weighted by Gasteiger charge is -2.31. The van der Waals surface area contributed by atoms with E-state index in [1.807, 2.05) is 12.4 Å². The van der Waals surface area contributed by atoms with Crippen molar-refractivity contribution in [2.24, 2.45) is 7.05 Å². The molecule has 1 N–H and O–H groups in total. The Morgan fingerprint density at radius 1 is 1.48 bits per heavy atom. The number of carbonyl (C=O) groups excluding carboxylic acids is 2. The number of hydrogen-bond donors (Lipinski definition) is 1. The third-order valence-corrected chi connectivity index (χ3v) is 4.19. The summed E-state index contributed by atoms with van der Waals surface area (Å²) in [7, 11) is 1.81. The van der Waals surface area contributed by atoms with E-state index in [-0.39, 0.29) is 11.8 Å². The summed E-state index contributed by atoms with van der Waals surface area (Å²) >= 11 is 1.46. The number of thiophene rings is 1. The van der Waals surface area contributed by atoms with Gasteiger partial charge < -0.3 is 5.32 Å². The van der Waals surface area contributed by atoms with Crippen LogP contribution in [0.2, 0.25) is 0 Å². The molecule has 6 nitrogen and oxygen atoms in total. The van der Waals surface area contributed by atoms with Crippen LogP contribution in [0.5, 0.6) is 0 Å². The van der Waals surface area contributed by atoms with Crippen molar-refractivity contribution in [3.8, 4) is 0 Å². The first-order valence-electron chi connectivity index (χ1n) is 6.79. The minimum atomic E-state index is -0.479. The van der Waals surface area contributed by atoms with Crippen LogP contribution in [-0.4, -0.2) is 34.2 Å². The van der Waals surface area contributed by atoms with E-state index >= 15 is 0 Å². The Morgan fingerprint density at radius 3 is 3.00 bits per heavy atom. The van der Waals surface area contributed by atoms with Gasteiger partial charge in [-0.1, -0.05) is 0 Å². The quantitative estimate of drug-likeness (QED) is 0.932. The van der Waals surface area contributed by atoms with Gasteiger partial charge in [0.15, 0.2) is 5.82 Å². The number of nitrogens with zero attached hydrogens (tertiary/aromatic N) is 3. The van der Waals surface area contributed by atoms with Gasteiger partial charge in [0.1, 0.15) is 6.04 Å². The molecule has 21 heavy (non-hydrogen) atoms. The molecule has 0 radical (unpaired) electrons. The van der Waals surface area contributed by atoms with Crippen LogP contribution in [0.15, 0.2) is 29.1 Å². The lowest BCUT2D eigenvalue weighted by atomic mass is 10.0. The van der Waals surface area contributed by atoms with Gasteiger partial charge in [-0.15, -0.1) is 0 Å². The number of amides is 2. The van der Waals surface area contributed by atoms with Gasteiger partial charge in [-0.3, -0.25) is 19.2 Å². The van der Waals surface area contributed by atoms with Gasteiger partial charge in [0.2, 0.25) is 0 Å². The molecule has 2 aromatic heterocycles. The summed E-state index contributed by atoms with van der Waals surface area (Å²) in [6, 6.07) is 3.08. The Kier molecular flexibility index (Phi) is 3.74. The third-order valence-electron chi connectivity index (χ3n) is 3.50. The maximum absolute atomic E-state index is 12.5. The van der Waals surface area contributed by atoms with E-state index in [9.17, 15) is 9.59 Å². The van der Waals surface area contributed by atoms with Crippen LogP contribution in [0.4, 0.5) is 5.82 Å². The van der Waals surface area contributed by atoms with E-state index in [0.29, 0.717) is 24.3 Å². The summed E-state index contributed by atoms with van der Waals surface area (Å²) in [6.07, 6.45) is 3.31. The second-order valence-electron chi connectivity index (χ2n) is 5.02. The van der Waals surface area contributed by atoms with E-state index in [1.165, 1.54) is 11.3 Å². The van der Waals surface area contributed by atoms with Gasteiger partial charge in [0.25, 0.3) is 11.8 Å². The number of piperidine rings is 1. The molecule has 2 aromatic rings. The number of aromatic nitrogens is 2. The minimum Gasteiger partial charge on any atom is -0.340 e. The smallest absolute Gasteiger partial charge is 0.252 e. The highest BCUT2D eigenvalue weighted by Crippen LogP contribution is 2.19. The number of hydrogen-bond acceptors (Lipinski definition) is 4. The van der Waals surface area contributed by atoms with Crippen LogP contribution < -0.4 is 10.2 Å². The van der Waals surface area contributed by atoms with Crippen LogP contribution in [-0.2, 0) is 11.8 Å². The highest BCUT2D eigenvalue weighted by molar-refractivity contribution is 7.08. The molecule has 1 fully saturated rings. The number of nitrogens with one attached hydrogen (secondary N) is 1. The van der Waals surface area contributed by atoms with Gasteiger partial charge in [0, 0.05) is 31.2 Å². The highest BCUT2D eigenvalue weighted by atomic mass is 32.1. The van der Waals surface area contributed by atoms with Crippen LogP contribution in [0.3, 0.4) is 0 Å². The predicted octanol–water partition coefficient (Wildman–Crippen LogP) is 1.41. The zero-order valence-corrected chi connectivity index (χ0v) is 12.5. The van der Waals surface area contributed by atoms with E-state index in [1.54, 1.807) is 33.3 Å². The lowest BCUT2D eigenvalue weighted by Crippen LogP contribution is -2.52. The molecule has 0 saturated carbocycles. The zero-order valence-electron chi connectivity index (χ0n) is 11.7. The summed E-state index contributed by atoms with van der Waals surface area (Å²) in [5, 5.41) is 10.7. The summed E-state index contributed by atoms with van der Waals surface area (Å²) in [5.74, 6) is 0.345. The van der Waals surface area contributed by atoms with Crippen molar-refractivity contribution in [3.05, 3.63) is 34.7 Å². The standard InChI is InChI=1S/C14H16N4O2S/c1-17-7-4-12(16-17)18-6-2-3-11(14(18)20)15-13(19)10-5-8-21-9-10/h4-5,7-9,11H,2-3,6H2,1H3,(H,15,19)/t11-/m0/s1. The van der Waals surface area contributed by atoms with Crippen LogP contribution in [0.1, 0.15) is 23.2 Å². The maximum atomic E-state index is 12.5. The van der Waals surface area contributed by atoms with Gasteiger partial charge in [-0.25, -0.2) is 0 Å². The number of aryl methyl sites for hydroxylation is 1. The summed E-state index contributed by atoms with van der Waals surface area (Å²) < 4.78 is 1.66. The fourth-order valence-electron chi connectivity index (χ4n) is 2.42. The van der Waals surface area contributed by atoms with Gasteiger partial charge in [0.05, 0.1) is 5.56 Å². The Hall–Kier alpha value is -2.15. The Labute approximate surface area is 126 Å². The molecule has 0 aromatic carbocycles. The highest BCUT2D eigenvalue weighted by Gasteiger charge is 2.32. The van der Waals surface area contributed by atoms with Crippen molar-refractivity contribution in [1.82, 2.24) is 15.1 Å². The van der Waals surface area contributed by atoms with E-state index in [2.05, 4.69) is 10.4 Å². The van der Waals surface area contributed by atoms with Crippen molar-refractivity contribution in [3.63, 3.8) is 0 Å². The van der Waals surface area contributed by atoms with Crippen LogP contribution in [0.25, 0.3) is 0 Å². The van der Waals surface area contributed by atoms with Crippen molar-refractivity contribution in [2.75, 3.05) is 11.4 Å². The summed E-state index contributed by atoms with van der Waals surface area (Å²) in [4.78, 5) is 26.2. The molecule has 3 heterocycles. The molecule has 1 atom stereocenters. The third kappa shape index (κ3) is 2.82. The predicted molar refractivity (Wildman–Crippen MR) is 80.4 cm³/mol. The molecule has 110 valence electrons. The second kappa shape index (κ2) is 5.69. The number of rotatable bonds is 3. The molecule has 0 spiro atoms. The van der Waals surface area contributed by atoms with E-state index in [4.69, 9.17) is 0 Å². The van der Waals surface area contributed by atoms with Crippen molar-refractivity contribution in [2.45, 2.75) is 18.9 Å². The number of carbonyl (C=O) groups is 2. The lowest BCUT2D eigenvalue weighted by molar-refractivity contribution is -0.121. The Bertz CT molecular complexity index is 650. The normalized spacial score (nSPS) is 18.8. The fourth-order valence-corrected chi connectivity index (χ4v) is 3.05. The van der Waals surface area contributed by atoms with Crippen LogP contribution >= 0.6 is 11.3 Å². The molecule has 3 rings (SSSR count). The molecule has 0 unspecified atom stereocenters. The molecule has 0 bridgehead atoms. The second-order valence-corrected chi connectivity index (χ2v) is 5.80. The summed E-state index contributed by atoms with van der Waals surface area (Å²) in [5.41, 5.74) is 0.600. The Balaban J connectivity index is 1.72. The SMILES string of the molecule is Cn1ccc(N2CCC[C@H](NC(=O)c3ccsc3)C2=O)n1. The zero-order chi connectivity index (χ0) is 14.8. The average Bonchev–Trinajstić information content (AvgIpc) is 3.12. The molecule has 1 saturated heterocycles. The van der Waals surface area contributed by atoms with Crippen LogP contribution in [0, 0.1) is 0 Å². The maximum Gasteiger partial charge on any atom is 0.252 e. The van der Waals surface area contributed by atoms with E-state index in [0.717, 1.165) is 6.42 Å². The molecular formula is C14H16N4O2S. The minimum absolute atomic E-state index is 0.0940. The molecule has 0 aliphatic carbocycles. The van der Waals surface area contributed by atoms with Crippen molar-refractivity contribution in [1.29, 1.82) is 0 Å². The topological polar surface area (TPSA) is 67.2 Å². The van der Waals surface area contributed by atoms with Crippen molar-refractivity contribution < 1.29 is 9.59 Å². The first-order chi connectivity index (χ1) is 10.1. The molecule has 1 aliphatic rings. The van der Waals surface area contributed by atoms with Gasteiger partial charge in [-0.2, -0.15) is 16.4 Å². The average molecular weight is 304 g/mol. The van der Waals surface area contributed by atoms with Gasteiger partial charge >= 0.3 is 0 Å². The van der Waals surface area contributed by atoms with Crippen molar-refractivity contribution >= 4 is 29.0 Å².